The number of benzene rings is 2. The molecule has 11 heteroatoms. The van der Waals surface area contributed by atoms with Gasteiger partial charge in [-0.3, -0.25) is 4.90 Å². The summed E-state index contributed by atoms with van der Waals surface area (Å²) in [6.45, 7) is 2.24. The minimum Gasteiger partial charge on any atom is -0.461 e. The molecule has 0 unspecified atom stereocenters. The Kier molecular flexibility index (Phi) is 7.34. The SMILES string of the molecule is O=C(OCCN1CCN(S(=O)(=O)c2ccccc2)CC1)c1cc2cc(Br)cc(Br)c2oc1=O. The molecule has 0 N–H and O–H groups in total. The second kappa shape index (κ2) is 10.1. The summed E-state index contributed by atoms with van der Waals surface area (Å²) in [6, 6.07) is 13.3. The zero-order valence-corrected chi connectivity index (χ0v) is 21.4. The fourth-order valence-corrected chi connectivity index (χ4v) is 6.36. The van der Waals surface area contributed by atoms with E-state index in [1.807, 2.05) is 4.90 Å². The van der Waals surface area contributed by atoms with E-state index in [0.717, 1.165) is 4.47 Å². The van der Waals surface area contributed by atoms with Crippen LogP contribution >= 0.6 is 31.9 Å². The van der Waals surface area contributed by atoms with Gasteiger partial charge in [0.05, 0.1) is 9.37 Å². The topological polar surface area (TPSA) is 97.1 Å². The second-order valence-corrected chi connectivity index (χ2v) is 11.2. The van der Waals surface area contributed by atoms with Crippen LogP contribution in [-0.4, -0.2) is 62.9 Å². The predicted octanol–water partition coefficient (Wildman–Crippen LogP) is 3.48. The molecule has 1 fully saturated rings. The highest BCUT2D eigenvalue weighted by Crippen LogP contribution is 2.28. The average molecular weight is 600 g/mol. The standard InChI is InChI=1S/C22H20Br2N2O6S/c23-16-12-15-13-18(22(28)32-20(15)19(24)14-16)21(27)31-11-10-25-6-8-26(9-7-25)33(29,30)17-4-2-1-3-5-17/h1-5,12-14H,6-11H2. The van der Waals surface area contributed by atoms with Crippen LogP contribution in [0.25, 0.3) is 11.0 Å². The summed E-state index contributed by atoms with van der Waals surface area (Å²) in [5.74, 6) is -0.757. The Balaban J connectivity index is 1.32. The molecular formula is C22H20Br2N2O6S. The molecule has 2 heterocycles. The van der Waals surface area contributed by atoms with E-state index in [-0.39, 0.29) is 17.1 Å². The van der Waals surface area contributed by atoms with Crippen molar-refractivity contribution in [1.82, 2.24) is 9.21 Å². The molecule has 0 spiro atoms. The fraction of sp³-hybridized carbons (Fsp3) is 0.273. The third kappa shape index (κ3) is 5.38. The number of carbonyl (C=O) groups excluding carboxylic acids is 1. The molecule has 1 saturated heterocycles. The van der Waals surface area contributed by atoms with Gasteiger partial charge in [-0.2, -0.15) is 4.31 Å². The minimum atomic E-state index is -3.51. The summed E-state index contributed by atoms with van der Waals surface area (Å²) in [6.07, 6.45) is 0. The van der Waals surface area contributed by atoms with Crippen LogP contribution in [0.1, 0.15) is 10.4 Å². The van der Waals surface area contributed by atoms with Crippen LogP contribution in [-0.2, 0) is 14.8 Å². The van der Waals surface area contributed by atoms with Crippen LogP contribution in [0.5, 0.6) is 0 Å². The van der Waals surface area contributed by atoms with E-state index >= 15 is 0 Å². The molecule has 0 atom stereocenters. The van der Waals surface area contributed by atoms with Crippen LogP contribution in [0.2, 0.25) is 0 Å². The molecule has 174 valence electrons. The van der Waals surface area contributed by atoms with E-state index in [4.69, 9.17) is 9.15 Å². The van der Waals surface area contributed by atoms with E-state index in [1.165, 1.54) is 10.4 Å². The first kappa shape index (κ1) is 24.1. The molecule has 8 nitrogen and oxygen atoms in total. The molecule has 1 aliphatic heterocycles. The van der Waals surface area contributed by atoms with Crippen molar-refractivity contribution in [3.63, 3.8) is 0 Å². The Bertz CT molecular complexity index is 1340. The van der Waals surface area contributed by atoms with E-state index in [0.29, 0.717) is 48.2 Å². The largest absolute Gasteiger partial charge is 0.461 e. The van der Waals surface area contributed by atoms with Gasteiger partial charge < -0.3 is 9.15 Å². The number of ether oxygens (including phenoxy) is 1. The molecule has 0 aliphatic carbocycles. The van der Waals surface area contributed by atoms with Gasteiger partial charge in [0.25, 0.3) is 0 Å². The fourth-order valence-electron chi connectivity index (χ4n) is 3.58. The van der Waals surface area contributed by atoms with Crippen LogP contribution in [0, 0.1) is 0 Å². The third-order valence-corrected chi connectivity index (χ3v) is 8.28. The molecule has 4 rings (SSSR count). The molecule has 0 radical (unpaired) electrons. The van der Waals surface area contributed by atoms with Crippen molar-refractivity contribution in [2.45, 2.75) is 4.90 Å². The lowest BCUT2D eigenvalue weighted by molar-refractivity contribution is 0.0440. The van der Waals surface area contributed by atoms with E-state index in [1.54, 1.807) is 42.5 Å². The molecule has 1 aromatic heterocycles. The molecule has 0 amide bonds. The smallest absolute Gasteiger partial charge is 0.351 e. The van der Waals surface area contributed by atoms with Crippen LogP contribution < -0.4 is 5.63 Å². The van der Waals surface area contributed by atoms with E-state index in [9.17, 15) is 18.0 Å². The molecule has 1 aliphatic rings. The van der Waals surface area contributed by atoms with Crippen molar-refractivity contribution in [3.8, 4) is 0 Å². The van der Waals surface area contributed by atoms with Crippen LogP contribution in [0.3, 0.4) is 0 Å². The molecule has 0 saturated carbocycles. The van der Waals surface area contributed by atoms with E-state index in [2.05, 4.69) is 31.9 Å². The lowest BCUT2D eigenvalue weighted by Crippen LogP contribution is -2.49. The van der Waals surface area contributed by atoms with Crippen molar-refractivity contribution in [2.24, 2.45) is 0 Å². The highest BCUT2D eigenvalue weighted by atomic mass is 79.9. The second-order valence-electron chi connectivity index (χ2n) is 7.45. The molecule has 33 heavy (non-hydrogen) atoms. The number of carbonyl (C=O) groups is 1. The highest BCUT2D eigenvalue weighted by Gasteiger charge is 2.28. The zero-order chi connectivity index (χ0) is 23.6. The van der Waals surface area contributed by atoms with Gasteiger partial charge >= 0.3 is 11.6 Å². The molecular weight excluding hydrogens is 580 g/mol. The van der Waals surface area contributed by atoms with Crippen molar-refractivity contribution < 1.29 is 22.4 Å². The number of halogens is 2. The zero-order valence-electron chi connectivity index (χ0n) is 17.4. The summed E-state index contributed by atoms with van der Waals surface area (Å²) < 4.78 is 38.8. The summed E-state index contributed by atoms with van der Waals surface area (Å²) in [7, 11) is -3.51. The summed E-state index contributed by atoms with van der Waals surface area (Å²) in [5, 5.41) is 0.582. The number of piperazine rings is 1. The van der Waals surface area contributed by atoms with E-state index < -0.39 is 21.6 Å². The Hall–Kier alpha value is -2.05. The van der Waals surface area contributed by atoms with Crippen LogP contribution in [0.4, 0.5) is 0 Å². The minimum absolute atomic E-state index is 0.0733. The normalized spacial score (nSPS) is 15.6. The van der Waals surface area contributed by atoms with Gasteiger partial charge in [0, 0.05) is 42.6 Å². The summed E-state index contributed by atoms with van der Waals surface area (Å²) >= 11 is 6.70. The van der Waals surface area contributed by atoms with Gasteiger partial charge in [-0.15, -0.1) is 0 Å². The highest BCUT2D eigenvalue weighted by molar-refractivity contribution is 9.11. The maximum Gasteiger partial charge on any atom is 0.351 e. The van der Waals surface area contributed by atoms with Gasteiger partial charge in [0.15, 0.2) is 5.58 Å². The number of fused-ring (bicyclic) bond motifs is 1. The van der Waals surface area contributed by atoms with Crippen molar-refractivity contribution >= 4 is 58.8 Å². The number of hydrogen-bond acceptors (Lipinski definition) is 7. The van der Waals surface area contributed by atoms with Gasteiger partial charge in [-0.05, 0) is 46.3 Å². The van der Waals surface area contributed by atoms with Gasteiger partial charge in [0.1, 0.15) is 12.2 Å². The Morgan fingerprint density at radius 2 is 1.73 bits per heavy atom. The van der Waals surface area contributed by atoms with Crippen LogP contribution in [0.15, 0.2) is 71.6 Å². The van der Waals surface area contributed by atoms with Crippen molar-refractivity contribution in [3.05, 3.63) is 73.5 Å². The average Bonchev–Trinajstić information content (AvgIpc) is 2.80. The number of sulfonamides is 1. The monoisotopic (exact) mass is 598 g/mol. The Morgan fingerprint density at radius 3 is 2.42 bits per heavy atom. The lowest BCUT2D eigenvalue weighted by atomic mass is 10.2. The number of esters is 1. The number of rotatable bonds is 6. The van der Waals surface area contributed by atoms with Gasteiger partial charge in [-0.1, -0.05) is 34.1 Å². The molecule has 2 aromatic carbocycles. The third-order valence-electron chi connectivity index (χ3n) is 5.32. The number of nitrogens with zero attached hydrogens (tertiary/aromatic N) is 2. The molecule has 3 aromatic rings. The first-order valence-corrected chi connectivity index (χ1v) is 13.2. The maximum atomic E-state index is 12.7. The predicted molar refractivity (Wildman–Crippen MR) is 130 cm³/mol. The summed E-state index contributed by atoms with van der Waals surface area (Å²) in [4.78, 5) is 27.0. The molecule has 0 bridgehead atoms. The quantitative estimate of drug-likeness (QED) is 0.316. The Labute approximate surface area is 207 Å². The van der Waals surface area contributed by atoms with Gasteiger partial charge in [0.2, 0.25) is 10.0 Å². The maximum absolute atomic E-state index is 12.7. The lowest BCUT2D eigenvalue weighted by Gasteiger charge is -2.33. The Morgan fingerprint density at radius 1 is 1.03 bits per heavy atom. The van der Waals surface area contributed by atoms with Crippen molar-refractivity contribution in [1.29, 1.82) is 0 Å². The first-order chi connectivity index (χ1) is 15.8. The summed E-state index contributed by atoms with van der Waals surface area (Å²) in [5.41, 5.74) is -0.593. The van der Waals surface area contributed by atoms with Crippen molar-refractivity contribution in [2.75, 3.05) is 39.3 Å². The number of hydrogen-bond donors (Lipinski definition) is 0. The first-order valence-electron chi connectivity index (χ1n) is 10.1. The van der Waals surface area contributed by atoms with Gasteiger partial charge in [-0.25, -0.2) is 18.0 Å².